The largest absolute Gasteiger partial charge is 0.504 e. The summed E-state index contributed by atoms with van der Waals surface area (Å²) in [5.74, 6) is 0.529. The summed E-state index contributed by atoms with van der Waals surface area (Å²) in [5, 5.41) is 17.6. The Morgan fingerprint density at radius 2 is 2.20 bits per heavy atom. The first-order valence-electron chi connectivity index (χ1n) is 8.39. The number of nitrogens with one attached hydrogen (secondary N) is 1. The molecule has 2 N–H and O–H groups in total. The van der Waals surface area contributed by atoms with Crippen molar-refractivity contribution < 1.29 is 14.6 Å². The van der Waals surface area contributed by atoms with E-state index in [2.05, 4.69) is 10.4 Å². The van der Waals surface area contributed by atoms with Gasteiger partial charge in [0.1, 0.15) is 5.54 Å². The summed E-state index contributed by atoms with van der Waals surface area (Å²) in [6.45, 7) is 1.97. The molecular weight excluding hydrogens is 320 g/mol. The summed E-state index contributed by atoms with van der Waals surface area (Å²) in [7, 11) is 3.30. The summed E-state index contributed by atoms with van der Waals surface area (Å²) in [5.41, 5.74) is 0.191. The average molecular weight is 344 g/mol. The standard InChI is InChI=1S/C18H24N4O3/c1-21(13-14-4-5-16(25-2)15(23)12-14)17(24)18(6-9-19-10-7-18)22-11-3-8-20-22/h3-5,8,11-12,19,23H,6-7,9-10,13H2,1-2H3. The van der Waals surface area contributed by atoms with Gasteiger partial charge in [-0.2, -0.15) is 5.10 Å². The molecule has 0 atom stereocenters. The maximum atomic E-state index is 13.3. The lowest BCUT2D eigenvalue weighted by atomic mass is 9.86. The number of piperidine rings is 1. The van der Waals surface area contributed by atoms with Crippen LogP contribution in [0.25, 0.3) is 0 Å². The highest BCUT2D eigenvalue weighted by atomic mass is 16.5. The van der Waals surface area contributed by atoms with Gasteiger partial charge in [-0.05, 0) is 49.7 Å². The van der Waals surface area contributed by atoms with Crippen LogP contribution in [0, 0.1) is 0 Å². The molecule has 0 spiro atoms. The van der Waals surface area contributed by atoms with Crippen molar-refractivity contribution in [3.05, 3.63) is 42.2 Å². The second kappa shape index (κ2) is 7.14. The van der Waals surface area contributed by atoms with E-state index >= 15 is 0 Å². The fourth-order valence-electron chi connectivity index (χ4n) is 3.44. The van der Waals surface area contributed by atoms with Crippen LogP contribution in [0.4, 0.5) is 0 Å². The van der Waals surface area contributed by atoms with Gasteiger partial charge in [0.2, 0.25) is 0 Å². The van der Waals surface area contributed by atoms with Crippen molar-refractivity contribution in [1.29, 1.82) is 0 Å². The highest BCUT2D eigenvalue weighted by Gasteiger charge is 2.43. The van der Waals surface area contributed by atoms with Crippen molar-refractivity contribution in [3.8, 4) is 11.5 Å². The lowest BCUT2D eigenvalue weighted by Gasteiger charge is -2.39. The van der Waals surface area contributed by atoms with Crippen molar-refractivity contribution >= 4 is 5.91 Å². The first-order valence-corrected chi connectivity index (χ1v) is 8.39. The van der Waals surface area contributed by atoms with Gasteiger partial charge >= 0.3 is 0 Å². The zero-order valence-corrected chi connectivity index (χ0v) is 14.6. The molecule has 1 fully saturated rings. The predicted molar refractivity (Wildman–Crippen MR) is 93.4 cm³/mol. The first-order chi connectivity index (χ1) is 12.1. The number of rotatable bonds is 5. The molecule has 1 aliphatic rings. The fourth-order valence-corrected chi connectivity index (χ4v) is 3.44. The van der Waals surface area contributed by atoms with E-state index in [1.807, 2.05) is 18.3 Å². The van der Waals surface area contributed by atoms with E-state index in [4.69, 9.17) is 4.74 Å². The molecule has 1 aromatic heterocycles. The smallest absolute Gasteiger partial charge is 0.250 e. The Labute approximate surface area is 147 Å². The van der Waals surface area contributed by atoms with Crippen LogP contribution in [0.15, 0.2) is 36.7 Å². The van der Waals surface area contributed by atoms with E-state index in [0.717, 1.165) is 18.7 Å². The molecule has 0 saturated carbocycles. The van der Waals surface area contributed by atoms with Crippen LogP contribution in [-0.4, -0.2) is 52.9 Å². The number of carbonyl (C=O) groups is 1. The normalized spacial score (nSPS) is 16.4. The van der Waals surface area contributed by atoms with Gasteiger partial charge in [0.05, 0.1) is 7.11 Å². The Bertz CT molecular complexity index is 724. The molecule has 25 heavy (non-hydrogen) atoms. The van der Waals surface area contributed by atoms with Crippen molar-refractivity contribution in [2.45, 2.75) is 24.9 Å². The van der Waals surface area contributed by atoms with Crippen LogP contribution < -0.4 is 10.1 Å². The Kier molecular flexibility index (Phi) is 4.94. The Balaban J connectivity index is 1.81. The number of nitrogens with zero attached hydrogens (tertiary/aromatic N) is 3. The third kappa shape index (κ3) is 3.32. The van der Waals surface area contributed by atoms with Crippen LogP contribution in [0.5, 0.6) is 11.5 Å². The fraction of sp³-hybridized carbons (Fsp3) is 0.444. The lowest BCUT2D eigenvalue weighted by Crippen LogP contribution is -2.54. The van der Waals surface area contributed by atoms with E-state index in [1.165, 1.54) is 7.11 Å². The summed E-state index contributed by atoms with van der Waals surface area (Å²) in [6.07, 6.45) is 4.96. The summed E-state index contributed by atoms with van der Waals surface area (Å²) >= 11 is 0. The summed E-state index contributed by atoms with van der Waals surface area (Å²) < 4.78 is 6.85. The molecule has 1 aliphatic heterocycles. The van der Waals surface area contributed by atoms with Gasteiger partial charge in [-0.3, -0.25) is 9.48 Å². The molecule has 7 heteroatoms. The molecule has 0 unspecified atom stereocenters. The number of methoxy groups -OCH3 is 1. The number of benzene rings is 1. The van der Waals surface area contributed by atoms with E-state index in [9.17, 15) is 9.90 Å². The van der Waals surface area contributed by atoms with Gasteiger partial charge in [-0.25, -0.2) is 0 Å². The molecule has 134 valence electrons. The van der Waals surface area contributed by atoms with Gasteiger partial charge in [0, 0.05) is 26.0 Å². The zero-order chi connectivity index (χ0) is 17.9. The maximum absolute atomic E-state index is 13.3. The quantitative estimate of drug-likeness (QED) is 0.856. The molecule has 0 bridgehead atoms. The molecule has 2 heterocycles. The van der Waals surface area contributed by atoms with Gasteiger partial charge in [0.25, 0.3) is 5.91 Å². The van der Waals surface area contributed by atoms with Gasteiger partial charge < -0.3 is 20.1 Å². The monoisotopic (exact) mass is 344 g/mol. The molecule has 1 amide bonds. The predicted octanol–water partition coefficient (Wildman–Crippen LogP) is 1.33. The number of phenolic OH excluding ortho intramolecular Hbond substituents is 1. The Morgan fingerprint density at radius 3 is 2.80 bits per heavy atom. The highest BCUT2D eigenvalue weighted by Crippen LogP contribution is 2.31. The van der Waals surface area contributed by atoms with Gasteiger partial charge in [-0.15, -0.1) is 0 Å². The highest BCUT2D eigenvalue weighted by molar-refractivity contribution is 5.84. The number of aromatic nitrogens is 2. The minimum atomic E-state index is -0.655. The second-order valence-electron chi connectivity index (χ2n) is 6.40. The molecule has 2 aromatic rings. The minimum Gasteiger partial charge on any atom is -0.504 e. The Hall–Kier alpha value is -2.54. The first kappa shape index (κ1) is 17.3. The van der Waals surface area contributed by atoms with Crippen molar-refractivity contribution in [1.82, 2.24) is 20.0 Å². The number of likely N-dealkylation sites (N-methyl/N-ethyl adjacent to an activating group) is 1. The number of phenols is 1. The van der Waals surface area contributed by atoms with Crippen LogP contribution in [0.3, 0.4) is 0 Å². The number of amides is 1. The van der Waals surface area contributed by atoms with Crippen molar-refractivity contribution in [3.63, 3.8) is 0 Å². The number of aromatic hydroxyl groups is 1. The number of hydrogen-bond acceptors (Lipinski definition) is 5. The summed E-state index contributed by atoms with van der Waals surface area (Å²) in [4.78, 5) is 15.0. The van der Waals surface area contributed by atoms with Gasteiger partial charge in [-0.1, -0.05) is 6.07 Å². The van der Waals surface area contributed by atoms with Crippen LogP contribution in [-0.2, 0) is 16.9 Å². The van der Waals surface area contributed by atoms with Crippen molar-refractivity contribution in [2.75, 3.05) is 27.2 Å². The molecule has 0 aliphatic carbocycles. The van der Waals surface area contributed by atoms with Crippen LogP contribution in [0.1, 0.15) is 18.4 Å². The molecular formula is C18H24N4O3. The van der Waals surface area contributed by atoms with Gasteiger partial charge in [0.15, 0.2) is 11.5 Å². The third-order valence-electron chi connectivity index (χ3n) is 4.78. The SMILES string of the molecule is COc1ccc(CN(C)C(=O)C2(n3cccn3)CCNCC2)cc1O. The minimum absolute atomic E-state index is 0.0352. The third-order valence-corrected chi connectivity index (χ3v) is 4.78. The lowest BCUT2D eigenvalue weighted by molar-refractivity contribution is -0.142. The van der Waals surface area contributed by atoms with E-state index in [1.54, 1.807) is 35.0 Å². The number of carbonyl (C=O) groups excluding carboxylic acids is 1. The van der Waals surface area contributed by atoms with Crippen LogP contribution >= 0.6 is 0 Å². The van der Waals surface area contributed by atoms with E-state index < -0.39 is 5.54 Å². The van der Waals surface area contributed by atoms with Crippen LogP contribution in [0.2, 0.25) is 0 Å². The second-order valence-corrected chi connectivity index (χ2v) is 6.40. The molecule has 1 saturated heterocycles. The number of ether oxygens (including phenoxy) is 1. The molecule has 3 rings (SSSR count). The number of hydrogen-bond donors (Lipinski definition) is 2. The zero-order valence-electron chi connectivity index (χ0n) is 14.6. The van der Waals surface area contributed by atoms with E-state index in [-0.39, 0.29) is 11.7 Å². The maximum Gasteiger partial charge on any atom is 0.250 e. The molecule has 7 nitrogen and oxygen atoms in total. The topological polar surface area (TPSA) is 79.6 Å². The molecule has 0 radical (unpaired) electrons. The average Bonchev–Trinajstić information content (AvgIpc) is 3.17. The van der Waals surface area contributed by atoms with Crippen molar-refractivity contribution in [2.24, 2.45) is 0 Å². The molecule has 1 aromatic carbocycles. The van der Waals surface area contributed by atoms with E-state index in [0.29, 0.717) is 25.1 Å². The Morgan fingerprint density at radius 1 is 1.44 bits per heavy atom. The summed E-state index contributed by atoms with van der Waals surface area (Å²) in [6, 6.07) is 7.03.